The highest BCUT2D eigenvalue weighted by molar-refractivity contribution is 14.1. The molecule has 0 spiro atoms. The molecule has 2 bridgehead atoms. The number of rotatable bonds is 4. The van der Waals surface area contributed by atoms with Crippen LogP contribution in [-0.4, -0.2) is 39.2 Å². The minimum absolute atomic E-state index is 0.259. The van der Waals surface area contributed by atoms with Gasteiger partial charge in [-0.1, -0.05) is 83.3 Å². The molecule has 2 aromatic rings. The van der Waals surface area contributed by atoms with Crippen LogP contribution in [0.5, 0.6) is 0 Å². The van der Waals surface area contributed by atoms with Crippen molar-refractivity contribution in [3.63, 3.8) is 0 Å². The second kappa shape index (κ2) is 7.29. The molecular weight excluding hydrogens is 441 g/mol. The molecule has 2 aromatic carbocycles. The number of nitrogens with zero attached hydrogens (tertiary/aromatic N) is 1. The first-order valence-corrected chi connectivity index (χ1v) is 10.3. The molecular formula is C21H22INO3. The molecule has 0 aromatic heterocycles. The van der Waals surface area contributed by atoms with E-state index in [2.05, 4.69) is 27.5 Å². The van der Waals surface area contributed by atoms with Gasteiger partial charge in [0.05, 0.1) is 3.92 Å². The minimum atomic E-state index is -1.81. The zero-order valence-electron chi connectivity index (χ0n) is 14.4. The number of hydrogen-bond acceptors (Lipinski definition) is 4. The van der Waals surface area contributed by atoms with Gasteiger partial charge < -0.3 is 9.84 Å². The van der Waals surface area contributed by atoms with E-state index in [4.69, 9.17) is 4.74 Å². The van der Waals surface area contributed by atoms with Gasteiger partial charge in [0.2, 0.25) is 5.60 Å². The number of aliphatic hydroxyl groups is 1. The summed E-state index contributed by atoms with van der Waals surface area (Å²) < 4.78 is 6.20. The van der Waals surface area contributed by atoms with Gasteiger partial charge in [0.25, 0.3) is 0 Å². The normalized spacial score (nSPS) is 27.9. The number of halogens is 1. The highest BCUT2D eigenvalue weighted by Gasteiger charge is 2.48. The number of carbonyl (C=O) groups excluding carboxylic acids is 1. The molecule has 5 heteroatoms. The Bertz CT molecular complexity index is 718. The van der Waals surface area contributed by atoms with E-state index in [1.54, 1.807) is 24.3 Å². The molecule has 3 fully saturated rings. The molecule has 2 unspecified atom stereocenters. The lowest BCUT2D eigenvalue weighted by molar-refractivity contribution is -0.185. The van der Waals surface area contributed by atoms with Crippen molar-refractivity contribution in [2.45, 2.75) is 28.6 Å². The van der Waals surface area contributed by atoms with Gasteiger partial charge in [-0.25, -0.2) is 4.79 Å². The monoisotopic (exact) mass is 463 g/mol. The number of esters is 1. The van der Waals surface area contributed by atoms with E-state index in [0.717, 1.165) is 25.9 Å². The highest BCUT2D eigenvalue weighted by atomic mass is 127. The third kappa shape index (κ3) is 3.06. The Kier molecular flexibility index (Phi) is 5.03. The Morgan fingerprint density at radius 3 is 1.96 bits per heavy atom. The fraction of sp³-hybridized carbons (Fsp3) is 0.381. The van der Waals surface area contributed by atoms with Crippen molar-refractivity contribution in [3.8, 4) is 0 Å². The highest BCUT2D eigenvalue weighted by Crippen LogP contribution is 2.39. The summed E-state index contributed by atoms with van der Waals surface area (Å²) in [5, 5.41) is 11.5. The maximum Gasteiger partial charge on any atom is 0.349 e. The van der Waals surface area contributed by atoms with E-state index in [-0.39, 0.29) is 10.2 Å². The van der Waals surface area contributed by atoms with Crippen LogP contribution in [0.15, 0.2) is 60.7 Å². The second-order valence-electron chi connectivity index (χ2n) is 7.06. The molecule has 1 N–H and O–H groups in total. The van der Waals surface area contributed by atoms with E-state index in [0.29, 0.717) is 17.0 Å². The van der Waals surface area contributed by atoms with Crippen LogP contribution in [0.2, 0.25) is 0 Å². The van der Waals surface area contributed by atoms with Crippen LogP contribution in [0.1, 0.15) is 24.0 Å². The fourth-order valence-corrected chi connectivity index (χ4v) is 5.34. The largest absolute Gasteiger partial charge is 0.443 e. The van der Waals surface area contributed by atoms with Crippen molar-refractivity contribution in [2.75, 3.05) is 13.1 Å². The third-order valence-electron chi connectivity index (χ3n) is 5.56. The van der Waals surface area contributed by atoms with Gasteiger partial charge in [0.15, 0.2) is 6.23 Å². The molecule has 0 aliphatic carbocycles. The molecule has 0 saturated carbocycles. The van der Waals surface area contributed by atoms with Gasteiger partial charge in [-0.05, 0) is 29.9 Å². The maximum atomic E-state index is 13.3. The summed E-state index contributed by atoms with van der Waals surface area (Å²) in [5.74, 6) is -0.0194. The molecule has 136 valence electrons. The quantitative estimate of drug-likeness (QED) is 0.430. The van der Waals surface area contributed by atoms with Gasteiger partial charge in [-0.15, -0.1) is 0 Å². The summed E-state index contributed by atoms with van der Waals surface area (Å²) >= 11 is 2.40. The van der Waals surface area contributed by atoms with E-state index in [9.17, 15) is 9.90 Å². The molecule has 0 radical (unpaired) electrons. The first-order valence-electron chi connectivity index (χ1n) is 9.03. The smallest absolute Gasteiger partial charge is 0.349 e. The van der Waals surface area contributed by atoms with Crippen LogP contribution < -0.4 is 0 Å². The molecule has 3 aliphatic heterocycles. The number of carbonyl (C=O) groups is 1. The summed E-state index contributed by atoms with van der Waals surface area (Å²) in [6.07, 6.45) is 2.04. The van der Waals surface area contributed by atoms with Crippen molar-refractivity contribution in [3.05, 3.63) is 71.8 Å². The van der Waals surface area contributed by atoms with Crippen LogP contribution in [0, 0.1) is 5.92 Å². The van der Waals surface area contributed by atoms with Gasteiger partial charge >= 0.3 is 5.97 Å². The summed E-state index contributed by atoms with van der Waals surface area (Å²) in [6, 6.07) is 18.1. The Morgan fingerprint density at radius 2 is 1.50 bits per heavy atom. The van der Waals surface area contributed by atoms with Crippen molar-refractivity contribution >= 4 is 28.6 Å². The van der Waals surface area contributed by atoms with Crippen LogP contribution in [0.4, 0.5) is 0 Å². The van der Waals surface area contributed by atoms with Gasteiger partial charge in [0, 0.05) is 13.1 Å². The predicted octanol–water partition coefficient (Wildman–Crippen LogP) is 3.32. The van der Waals surface area contributed by atoms with Gasteiger partial charge in [-0.2, -0.15) is 0 Å². The Hall–Kier alpha value is -1.44. The van der Waals surface area contributed by atoms with Crippen LogP contribution >= 0.6 is 22.6 Å². The van der Waals surface area contributed by atoms with E-state index in [1.807, 2.05) is 36.4 Å². The average Bonchev–Trinajstić information content (AvgIpc) is 2.71. The lowest BCUT2D eigenvalue weighted by atomic mass is 9.85. The summed E-state index contributed by atoms with van der Waals surface area (Å²) in [7, 11) is 0. The molecule has 3 saturated heterocycles. The van der Waals surface area contributed by atoms with Gasteiger partial charge in [0.1, 0.15) is 0 Å². The van der Waals surface area contributed by atoms with E-state index in [1.165, 1.54) is 0 Å². The number of fused-ring (bicyclic) bond motifs is 3. The minimum Gasteiger partial charge on any atom is -0.443 e. The molecule has 3 heterocycles. The molecule has 2 atom stereocenters. The molecule has 5 rings (SSSR count). The zero-order valence-corrected chi connectivity index (χ0v) is 16.6. The molecule has 3 aliphatic rings. The van der Waals surface area contributed by atoms with Crippen molar-refractivity contribution in [2.24, 2.45) is 5.92 Å². The summed E-state index contributed by atoms with van der Waals surface area (Å²) in [6.45, 7) is 1.91. The fourth-order valence-electron chi connectivity index (χ4n) is 4.02. The zero-order chi connectivity index (χ0) is 18.1. The SMILES string of the molecule is O=C(OC1C(I)C2CCN1CC2)C(O)(c1ccccc1)c1ccccc1. The Morgan fingerprint density at radius 1 is 1.00 bits per heavy atom. The van der Waals surface area contributed by atoms with E-state index < -0.39 is 11.6 Å². The lowest BCUT2D eigenvalue weighted by Gasteiger charge is -2.48. The number of piperidine rings is 3. The topological polar surface area (TPSA) is 49.8 Å². The van der Waals surface area contributed by atoms with Gasteiger partial charge in [-0.3, -0.25) is 4.90 Å². The second-order valence-corrected chi connectivity index (χ2v) is 8.49. The van der Waals surface area contributed by atoms with Crippen LogP contribution in [0.25, 0.3) is 0 Å². The number of alkyl halides is 1. The van der Waals surface area contributed by atoms with Crippen molar-refractivity contribution in [1.29, 1.82) is 0 Å². The molecule has 26 heavy (non-hydrogen) atoms. The number of hydrogen-bond donors (Lipinski definition) is 1. The third-order valence-corrected chi connectivity index (χ3v) is 7.20. The van der Waals surface area contributed by atoms with Crippen molar-refractivity contribution in [1.82, 2.24) is 4.90 Å². The maximum absolute atomic E-state index is 13.3. The predicted molar refractivity (Wildman–Crippen MR) is 108 cm³/mol. The van der Waals surface area contributed by atoms with E-state index >= 15 is 0 Å². The standard InChI is InChI=1S/C21H22INO3/c22-18-15-11-13-23(14-12-15)19(18)26-20(24)21(25,16-7-3-1-4-8-16)17-9-5-2-6-10-17/h1-10,15,18-19,25H,11-14H2. The molecule has 0 amide bonds. The number of benzene rings is 2. The van der Waals surface area contributed by atoms with Crippen LogP contribution in [-0.2, 0) is 15.1 Å². The summed E-state index contributed by atoms with van der Waals surface area (Å²) in [4.78, 5) is 15.5. The van der Waals surface area contributed by atoms with Crippen LogP contribution in [0.3, 0.4) is 0 Å². The summed E-state index contributed by atoms with van der Waals surface area (Å²) in [5.41, 5.74) is -0.759. The molecule has 4 nitrogen and oxygen atoms in total. The first kappa shape index (κ1) is 17.9. The average molecular weight is 463 g/mol. The Labute approximate surface area is 167 Å². The van der Waals surface area contributed by atoms with Crippen molar-refractivity contribution < 1.29 is 14.6 Å². The first-order chi connectivity index (χ1) is 12.6. The lowest BCUT2D eigenvalue weighted by Crippen LogP contribution is -2.58. The number of ether oxygens (including phenoxy) is 1. The Balaban J connectivity index is 1.67.